The van der Waals surface area contributed by atoms with Crippen LogP contribution in [0.1, 0.15) is 30.7 Å². The predicted molar refractivity (Wildman–Crippen MR) is 165 cm³/mol. The van der Waals surface area contributed by atoms with E-state index < -0.39 is 17.5 Å². The van der Waals surface area contributed by atoms with E-state index in [1.807, 2.05) is 31.2 Å². The number of nitrogens with two attached hydrogens (primary N) is 1. The standard InChI is InChI=1S/C33H31FN6O3/c1-19(40-32-28(31(35)36-18-37-32)29(38-40)22-15-23(34)17-24(41)16-22)30-27(25-8-4-5-9-26(25)33(42)43-30)21-12-10-20(11-13-21)7-6-14-39(2)3/h4-5,8-13,15-19,41H,6-7,14H2,1-3H3,(H2,35,36,37). The topological polar surface area (TPSA) is 123 Å². The van der Waals surface area contributed by atoms with Gasteiger partial charge in [-0.2, -0.15) is 5.10 Å². The van der Waals surface area contributed by atoms with Gasteiger partial charge >= 0.3 is 5.63 Å². The summed E-state index contributed by atoms with van der Waals surface area (Å²) in [5.74, 6) is -0.352. The lowest BCUT2D eigenvalue weighted by Crippen LogP contribution is -2.14. The number of phenols is 1. The van der Waals surface area contributed by atoms with Crippen LogP contribution < -0.4 is 11.4 Å². The molecule has 218 valence electrons. The maximum atomic E-state index is 14.3. The van der Waals surface area contributed by atoms with Crippen LogP contribution in [0.5, 0.6) is 5.75 Å². The SMILES string of the molecule is CC(c1oc(=O)c2ccccc2c1-c1ccc(CCCN(C)C)cc1)n1nc(-c2cc(O)cc(F)c2)c2c(N)ncnc21. The zero-order valence-electron chi connectivity index (χ0n) is 24.1. The summed E-state index contributed by atoms with van der Waals surface area (Å²) in [6.07, 6.45) is 3.31. The summed E-state index contributed by atoms with van der Waals surface area (Å²) in [5, 5.41) is 16.5. The molecule has 0 aliphatic heterocycles. The number of fused-ring (bicyclic) bond motifs is 2. The zero-order valence-corrected chi connectivity index (χ0v) is 24.1. The molecule has 3 aromatic carbocycles. The predicted octanol–water partition coefficient (Wildman–Crippen LogP) is 5.80. The molecule has 3 N–H and O–H groups in total. The van der Waals surface area contributed by atoms with Crippen molar-refractivity contribution in [3.8, 4) is 28.1 Å². The molecule has 0 radical (unpaired) electrons. The van der Waals surface area contributed by atoms with E-state index in [1.165, 1.54) is 24.0 Å². The second-order valence-corrected chi connectivity index (χ2v) is 10.9. The highest BCUT2D eigenvalue weighted by Gasteiger charge is 2.27. The molecular weight excluding hydrogens is 547 g/mol. The van der Waals surface area contributed by atoms with E-state index in [9.17, 15) is 14.3 Å². The fourth-order valence-electron chi connectivity index (χ4n) is 5.54. The van der Waals surface area contributed by atoms with Crippen molar-refractivity contribution in [3.05, 3.63) is 101 Å². The fraction of sp³-hybridized carbons (Fsp3) is 0.212. The minimum absolute atomic E-state index is 0.146. The molecule has 0 amide bonds. The molecule has 0 saturated carbocycles. The van der Waals surface area contributed by atoms with Gasteiger partial charge in [0.25, 0.3) is 0 Å². The molecule has 6 aromatic rings. The van der Waals surface area contributed by atoms with Crippen molar-refractivity contribution >= 4 is 27.6 Å². The Labute approximate surface area is 247 Å². The van der Waals surface area contributed by atoms with Crippen LogP contribution in [-0.2, 0) is 6.42 Å². The van der Waals surface area contributed by atoms with E-state index in [1.54, 1.807) is 16.8 Å². The van der Waals surface area contributed by atoms with E-state index >= 15 is 0 Å². The van der Waals surface area contributed by atoms with Crippen LogP contribution in [0.25, 0.3) is 44.2 Å². The molecule has 10 heteroatoms. The van der Waals surface area contributed by atoms with Crippen molar-refractivity contribution in [1.82, 2.24) is 24.6 Å². The first-order valence-corrected chi connectivity index (χ1v) is 14.0. The van der Waals surface area contributed by atoms with Crippen molar-refractivity contribution in [2.24, 2.45) is 0 Å². The lowest BCUT2D eigenvalue weighted by Gasteiger charge is -2.18. The molecule has 1 unspecified atom stereocenters. The quantitative estimate of drug-likeness (QED) is 0.232. The first kappa shape index (κ1) is 28.0. The molecule has 3 heterocycles. The number of hydrogen-bond acceptors (Lipinski definition) is 8. The molecular formula is C33H31FN6O3. The summed E-state index contributed by atoms with van der Waals surface area (Å²) in [5.41, 5.74) is 9.64. The van der Waals surface area contributed by atoms with Gasteiger partial charge in [-0.25, -0.2) is 23.8 Å². The zero-order chi connectivity index (χ0) is 30.2. The number of phenolic OH excluding ortho intramolecular Hbond substituents is 1. The van der Waals surface area contributed by atoms with Gasteiger partial charge in [0.05, 0.1) is 10.8 Å². The van der Waals surface area contributed by atoms with Crippen molar-refractivity contribution in [1.29, 1.82) is 0 Å². The summed E-state index contributed by atoms with van der Waals surface area (Å²) in [6, 6.07) is 18.7. The summed E-state index contributed by atoms with van der Waals surface area (Å²) >= 11 is 0. The third-order valence-corrected chi connectivity index (χ3v) is 7.60. The van der Waals surface area contributed by atoms with E-state index in [2.05, 4.69) is 41.1 Å². The Morgan fingerprint density at radius 3 is 2.49 bits per heavy atom. The molecule has 6 rings (SSSR count). The third kappa shape index (κ3) is 5.32. The third-order valence-electron chi connectivity index (χ3n) is 7.60. The highest BCUT2D eigenvalue weighted by atomic mass is 19.1. The second kappa shape index (κ2) is 11.3. The minimum atomic E-state index is -0.639. The monoisotopic (exact) mass is 578 g/mol. The summed E-state index contributed by atoms with van der Waals surface area (Å²) in [7, 11) is 4.13. The number of benzene rings is 3. The summed E-state index contributed by atoms with van der Waals surface area (Å²) < 4.78 is 21.9. The number of aromatic nitrogens is 4. The van der Waals surface area contributed by atoms with E-state index in [0.717, 1.165) is 42.0 Å². The van der Waals surface area contributed by atoms with Gasteiger partial charge in [0.2, 0.25) is 0 Å². The number of nitrogen functional groups attached to an aromatic ring is 1. The normalized spacial score (nSPS) is 12.4. The van der Waals surface area contributed by atoms with E-state index in [4.69, 9.17) is 15.2 Å². The van der Waals surface area contributed by atoms with Crippen LogP contribution in [0.4, 0.5) is 10.2 Å². The van der Waals surface area contributed by atoms with Gasteiger partial charge in [0.15, 0.2) is 5.65 Å². The molecule has 0 bridgehead atoms. The van der Waals surface area contributed by atoms with E-state index in [0.29, 0.717) is 33.4 Å². The van der Waals surface area contributed by atoms with Crippen molar-refractivity contribution in [2.45, 2.75) is 25.8 Å². The van der Waals surface area contributed by atoms with Crippen molar-refractivity contribution < 1.29 is 13.9 Å². The number of halogens is 1. The average Bonchev–Trinajstić information content (AvgIpc) is 3.38. The van der Waals surface area contributed by atoms with Crippen LogP contribution in [0, 0.1) is 5.82 Å². The Hall–Kier alpha value is -5.09. The van der Waals surface area contributed by atoms with Crippen molar-refractivity contribution in [2.75, 3.05) is 26.4 Å². The van der Waals surface area contributed by atoms with Crippen molar-refractivity contribution in [3.63, 3.8) is 0 Å². The van der Waals surface area contributed by atoms with Crippen LogP contribution >= 0.6 is 0 Å². The Bertz CT molecular complexity index is 2000. The molecule has 0 saturated heterocycles. The number of aryl methyl sites for hydroxylation is 1. The Balaban J connectivity index is 1.53. The largest absolute Gasteiger partial charge is 0.508 e. The van der Waals surface area contributed by atoms with Gasteiger partial charge in [-0.15, -0.1) is 0 Å². The first-order valence-electron chi connectivity index (χ1n) is 14.0. The second-order valence-electron chi connectivity index (χ2n) is 10.9. The minimum Gasteiger partial charge on any atom is -0.508 e. The molecule has 43 heavy (non-hydrogen) atoms. The van der Waals surface area contributed by atoms with Crippen LogP contribution in [0.15, 0.2) is 82.3 Å². The smallest absolute Gasteiger partial charge is 0.343 e. The van der Waals surface area contributed by atoms with Gasteiger partial charge in [0, 0.05) is 22.6 Å². The average molecular weight is 579 g/mol. The van der Waals surface area contributed by atoms with Gasteiger partial charge in [-0.1, -0.05) is 42.5 Å². The number of hydrogen-bond donors (Lipinski definition) is 2. The molecule has 0 spiro atoms. The molecule has 0 aliphatic carbocycles. The Kier molecular flexibility index (Phi) is 7.37. The molecule has 0 aliphatic rings. The van der Waals surface area contributed by atoms with Crippen LogP contribution in [0.3, 0.4) is 0 Å². The fourth-order valence-corrected chi connectivity index (χ4v) is 5.54. The van der Waals surface area contributed by atoms with Gasteiger partial charge in [-0.3, -0.25) is 0 Å². The first-order chi connectivity index (χ1) is 20.7. The Morgan fingerprint density at radius 1 is 1.02 bits per heavy atom. The molecule has 0 fully saturated rings. The van der Waals surface area contributed by atoms with E-state index in [-0.39, 0.29) is 11.6 Å². The van der Waals surface area contributed by atoms with Crippen LogP contribution in [0.2, 0.25) is 0 Å². The van der Waals surface area contributed by atoms with Crippen LogP contribution in [-0.4, -0.2) is 50.4 Å². The summed E-state index contributed by atoms with van der Waals surface area (Å²) in [4.78, 5) is 24.0. The maximum Gasteiger partial charge on any atom is 0.343 e. The molecule has 9 nitrogen and oxygen atoms in total. The molecule has 1 atom stereocenters. The highest BCUT2D eigenvalue weighted by Crippen LogP contribution is 2.39. The number of anilines is 1. The highest BCUT2D eigenvalue weighted by molar-refractivity contribution is 5.99. The number of nitrogens with zero attached hydrogens (tertiary/aromatic N) is 5. The number of rotatable bonds is 8. The lowest BCUT2D eigenvalue weighted by molar-refractivity contribution is 0.400. The van der Waals surface area contributed by atoms with Gasteiger partial charge < -0.3 is 20.2 Å². The number of aromatic hydroxyl groups is 1. The lowest BCUT2D eigenvalue weighted by atomic mass is 9.94. The van der Waals surface area contributed by atoms with Gasteiger partial charge in [-0.05, 0) is 69.7 Å². The van der Waals surface area contributed by atoms with Gasteiger partial charge in [0.1, 0.15) is 41.2 Å². The summed E-state index contributed by atoms with van der Waals surface area (Å²) in [6.45, 7) is 2.85. The maximum absolute atomic E-state index is 14.3. The Morgan fingerprint density at radius 2 is 1.77 bits per heavy atom. The molecule has 3 aromatic heterocycles.